The second-order valence-corrected chi connectivity index (χ2v) is 3.05. The predicted molar refractivity (Wildman–Crippen MR) is 55.0 cm³/mol. The van der Waals surface area contributed by atoms with Crippen LogP contribution in [0.3, 0.4) is 0 Å². The van der Waals surface area contributed by atoms with Crippen LogP contribution in [-0.4, -0.2) is 19.6 Å². The maximum Gasteiger partial charge on any atom is 0.314 e. The van der Waals surface area contributed by atoms with Crippen molar-refractivity contribution in [3.05, 3.63) is 35.4 Å². The smallest absolute Gasteiger partial charge is 0.314 e. The minimum absolute atomic E-state index is 0.193. The number of esters is 1. The standard InChI is InChI=1S/C11H12N2O2/c1-15-11(14)10(7-13)9-4-2-8(6-12)3-5-9/h2-5,10H,7,13H2,1H3. The van der Waals surface area contributed by atoms with Crippen molar-refractivity contribution in [1.82, 2.24) is 0 Å². The Morgan fingerprint density at radius 1 is 1.53 bits per heavy atom. The van der Waals surface area contributed by atoms with Crippen molar-refractivity contribution in [2.75, 3.05) is 13.7 Å². The third kappa shape index (κ3) is 2.55. The number of hydrogen-bond acceptors (Lipinski definition) is 4. The van der Waals surface area contributed by atoms with Crippen molar-refractivity contribution < 1.29 is 9.53 Å². The van der Waals surface area contributed by atoms with Gasteiger partial charge >= 0.3 is 5.97 Å². The highest BCUT2D eigenvalue weighted by molar-refractivity contribution is 5.78. The van der Waals surface area contributed by atoms with Gasteiger partial charge in [-0.15, -0.1) is 0 Å². The van der Waals surface area contributed by atoms with E-state index in [0.717, 1.165) is 5.56 Å². The van der Waals surface area contributed by atoms with E-state index in [2.05, 4.69) is 4.74 Å². The second kappa shape index (κ2) is 5.13. The predicted octanol–water partition coefficient (Wildman–Crippen LogP) is 0.774. The first kappa shape index (κ1) is 11.2. The fourth-order valence-electron chi connectivity index (χ4n) is 1.30. The zero-order chi connectivity index (χ0) is 11.3. The average molecular weight is 204 g/mol. The molecule has 15 heavy (non-hydrogen) atoms. The zero-order valence-corrected chi connectivity index (χ0v) is 8.43. The maximum atomic E-state index is 11.3. The highest BCUT2D eigenvalue weighted by atomic mass is 16.5. The van der Waals surface area contributed by atoms with Gasteiger partial charge in [-0.05, 0) is 17.7 Å². The minimum Gasteiger partial charge on any atom is -0.469 e. The molecule has 0 aliphatic carbocycles. The summed E-state index contributed by atoms with van der Waals surface area (Å²) >= 11 is 0. The van der Waals surface area contributed by atoms with Gasteiger partial charge in [-0.1, -0.05) is 12.1 Å². The zero-order valence-electron chi connectivity index (χ0n) is 8.43. The normalized spacial score (nSPS) is 11.5. The molecule has 0 aliphatic rings. The summed E-state index contributed by atoms with van der Waals surface area (Å²) in [4.78, 5) is 11.3. The number of ether oxygens (including phenoxy) is 1. The second-order valence-electron chi connectivity index (χ2n) is 3.05. The summed E-state index contributed by atoms with van der Waals surface area (Å²) in [5.41, 5.74) is 6.81. The number of carbonyl (C=O) groups excluding carboxylic acids is 1. The molecule has 0 saturated heterocycles. The Labute approximate surface area is 88.3 Å². The van der Waals surface area contributed by atoms with Gasteiger partial charge in [-0.25, -0.2) is 0 Å². The summed E-state index contributed by atoms with van der Waals surface area (Å²) < 4.78 is 4.63. The number of nitriles is 1. The van der Waals surface area contributed by atoms with Crippen molar-refractivity contribution in [2.24, 2.45) is 5.73 Å². The van der Waals surface area contributed by atoms with E-state index in [-0.39, 0.29) is 12.5 Å². The summed E-state index contributed by atoms with van der Waals surface area (Å²) in [6.45, 7) is 0.193. The molecule has 4 nitrogen and oxygen atoms in total. The fraction of sp³-hybridized carbons (Fsp3) is 0.273. The van der Waals surface area contributed by atoms with Crippen LogP contribution >= 0.6 is 0 Å². The van der Waals surface area contributed by atoms with Gasteiger partial charge < -0.3 is 10.5 Å². The van der Waals surface area contributed by atoms with Crippen LogP contribution in [0.15, 0.2) is 24.3 Å². The molecule has 2 N–H and O–H groups in total. The van der Waals surface area contributed by atoms with E-state index < -0.39 is 5.92 Å². The van der Waals surface area contributed by atoms with Gasteiger partial charge in [0, 0.05) is 6.54 Å². The molecule has 0 aromatic heterocycles. The van der Waals surface area contributed by atoms with Gasteiger partial charge in [0.05, 0.1) is 24.7 Å². The third-order valence-electron chi connectivity index (χ3n) is 2.16. The Balaban J connectivity index is 2.94. The molecule has 0 fully saturated rings. The van der Waals surface area contributed by atoms with Crippen LogP contribution in [0.25, 0.3) is 0 Å². The number of hydrogen-bond donors (Lipinski definition) is 1. The molecule has 1 atom stereocenters. The molecule has 1 aromatic carbocycles. The molecule has 0 amide bonds. The highest BCUT2D eigenvalue weighted by Gasteiger charge is 2.19. The first-order valence-electron chi connectivity index (χ1n) is 4.51. The summed E-state index contributed by atoms with van der Waals surface area (Å²) in [6.07, 6.45) is 0. The largest absolute Gasteiger partial charge is 0.469 e. The SMILES string of the molecule is COC(=O)C(CN)c1ccc(C#N)cc1. The number of nitrogens with zero attached hydrogens (tertiary/aromatic N) is 1. The van der Waals surface area contributed by atoms with Crippen LogP contribution in [0.1, 0.15) is 17.0 Å². The Kier molecular flexibility index (Phi) is 3.83. The monoisotopic (exact) mass is 204 g/mol. The van der Waals surface area contributed by atoms with Gasteiger partial charge in [0.15, 0.2) is 0 Å². The molecule has 0 spiro atoms. The molecule has 1 rings (SSSR count). The van der Waals surface area contributed by atoms with Crippen molar-refractivity contribution in [3.8, 4) is 6.07 Å². The van der Waals surface area contributed by atoms with Gasteiger partial charge in [0.2, 0.25) is 0 Å². The van der Waals surface area contributed by atoms with E-state index in [9.17, 15) is 4.79 Å². The summed E-state index contributed by atoms with van der Waals surface area (Å²) in [6, 6.07) is 8.74. The van der Waals surface area contributed by atoms with Crippen LogP contribution in [0.5, 0.6) is 0 Å². The van der Waals surface area contributed by atoms with Crippen molar-refractivity contribution >= 4 is 5.97 Å². The molecular formula is C11H12N2O2. The molecule has 1 unspecified atom stereocenters. The molecule has 0 heterocycles. The van der Waals surface area contributed by atoms with Gasteiger partial charge in [-0.2, -0.15) is 5.26 Å². The lowest BCUT2D eigenvalue weighted by Crippen LogP contribution is -2.22. The molecular weight excluding hydrogens is 192 g/mol. The number of nitrogens with two attached hydrogens (primary N) is 1. The number of rotatable bonds is 3. The minimum atomic E-state index is -0.456. The lowest BCUT2D eigenvalue weighted by Gasteiger charge is -2.12. The maximum absolute atomic E-state index is 11.3. The van der Waals surface area contributed by atoms with E-state index in [1.807, 2.05) is 6.07 Å². The fourth-order valence-corrected chi connectivity index (χ4v) is 1.30. The lowest BCUT2D eigenvalue weighted by atomic mass is 9.98. The summed E-state index contributed by atoms with van der Waals surface area (Å²) in [7, 11) is 1.33. The number of benzene rings is 1. The molecule has 1 aromatic rings. The molecule has 0 saturated carbocycles. The van der Waals surface area contributed by atoms with Crippen LogP contribution < -0.4 is 5.73 Å². The number of carbonyl (C=O) groups is 1. The van der Waals surface area contributed by atoms with Gasteiger partial charge in [-0.3, -0.25) is 4.79 Å². The van der Waals surface area contributed by atoms with E-state index in [1.165, 1.54) is 7.11 Å². The van der Waals surface area contributed by atoms with E-state index in [4.69, 9.17) is 11.0 Å². The van der Waals surface area contributed by atoms with Crippen LogP contribution in [-0.2, 0) is 9.53 Å². The lowest BCUT2D eigenvalue weighted by molar-refractivity contribution is -0.142. The van der Waals surface area contributed by atoms with E-state index >= 15 is 0 Å². The molecule has 78 valence electrons. The Morgan fingerprint density at radius 3 is 2.53 bits per heavy atom. The van der Waals surface area contributed by atoms with Crippen LogP contribution in [0, 0.1) is 11.3 Å². The van der Waals surface area contributed by atoms with Crippen molar-refractivity contribution in [3.63, 3.8) is 0 Å². The first-order chi connectivity index (χ1) is 7.22. The van der Waals surface area contributed by atoms with E-state index in [1.54, 1.807) is 24.3 Å². The highest BCUT2D eigenvalue weighted by Crippen LogP contribution is 2.16. The Hall–Kier alpha value is -1.86. The first-order valence-corrected chi connectivity index (χ1v) is 4.51. The van der Waals surface area contributed by atoms with Gasteiger partial charge in [0.1, 0.15) is 0 Å². The quantitative estimate of drug-likeness (QED) is 0.738. The number of methoxy groups -OCH3 is 1. The Morgan fingerprint density at radius 2 is 2.13 bits per heavy atom. The van der Waals surface area contributed by atoms with E-state index in [0.29, 0.717) is 5.56 Å². The molecule has 0 radical (unpaired) electrons. The average Bonchev–Trinajstić information content (AvgIpc) is 2.30. The van der Waals surface area contributed by atoms with Gasteiger partial charge in [0.25, 0.3) is 0 Å². The Bertz CT molecular complexity index is 379. The molecule has 0 bridgehead atoms. The van der Waals surface area contributed by atoms with Crippen LogP contribution in [0.2, 0.25) is 0 Å². The summed E-state index contributed by atoms with van der Waals surface area (Å²) in [5.74, 6) is -0.815. The topological polar surface area (TPSA) is 76.1 Å². The van der Waals surface area contributed by atoms with Crippen LogP contribution in [0.4, 0.5) is 0 Å². The summed E-state index contributed by atoms with van der Waals surface area (Å²) in [5, 5.41) is 8.61. The van der Waals surface area contributed by atoms with Crippen molar-refractivity contribution in [2.45, 2.75) is 5.92 Å². The molecule has 4 heteroatoms. The molecule has 0 aliphatic heterocycles. The third-order valence-corrected chi connectivity index (χ3v) is 2.16. The van der Waals surface area contributed by atoms with Crippen molar-refractivity contribution in [1.29, 1.82) is 5.26 Å².